The number of benzene rings is 1. The van der Waals surface area contributed by atoms with Gasteiger partial charge in [-0.25, -0.2) is 0 Å². The van der Waals surface area contributed by atoms with Crippen LogP contribution in [0.15, 0.2) is 23.1 Å². The normalized spacial score (nSPS) is 10.5. The second-order valence-corrected chi connectivity index (χ2v) is 4.54. The van der Waals surface area contributed by atoms with Gasteiger partial charge in [0.05, 0.1) is 5.69 Å². The highest BCUT2D eigenvalue weighted by Crippen LogP contribution is 2.23. The minimum absolute atomic E-state index is 0.107. The van der Waals surface area contributed by atoms with Gasteiger partial charge < -0.3 is 11.1 Å². The molecule has 1 amide bonds. The van der Waals surface area contributed by atoms with Crippen molar-refractivity contribution in [2.45, 2.75) is 11.8 Å². The van der Waals surface area contributed by atoms with Crippen LogP contribution in [0.2, 0.25) is 0 Å². The molecule has 3 N–H and O–H groups in total. The Kier molecular flexibility index (Phi) is 3.10. The van der Waals surface area contributed by atoms with E-state index in [9.17, 15) is 13.2 Å². The number of anilines is 2. The maximum absolute atomic E-state index is 11.2. The van der Waals surface area contributed by atoms with Gasteiger partial charge in [0, 0.05) is 12.6 Å². The van der Waals surface area contributed by atoms with Gasteiger partial charge in [-0.05, 0) is 18.2 Å². The number of hydrogen-bond acceptors (Lipinski definition) is 5. The fourth-order valence-corrected chi connectivity index (χ4v) is 1.79. The standard InChI is InChI=1S/C8H8N4O3S/c1-5(13)11-6-2-3-8(7(9)4-6)16(14,15)12-10/h2-4H,9H2,1H3/p+1. The highest BCUT2D eigenvalue weighted by Gasteiger charge is 2.29. The first-order valence-corrected chi connectivity index (χ1v) is 5.59. The molecule has 0 saturated carbocycles. The molecule has 7 nitrogen and oxygen atoms in total. The molecule has 84 valence electrons. The summed E-state index contributed by atoms with van der Waals surface area (Å²) < 4.78 is 24.6. The van der Waals surface area contributed by atoms with E-state index >= 15 is 0 Å². The zero-order chi connectivity index (χ0) is 12.3. The third-order valence-electron chi connectivity index (χ3n) is 1.72. The number of nitrogens with two attached hydrogens (primary N) is 1. The van der Waals surface area contributed by atoms with E-state index in [0.717, 1.165) is 6.07 Å². The Hall–Kier alpha value is -2.14. The quantitative estimate of drug-likeness (QED) is 0.585. The summed E-state index contributed by atoms with van der Waals surface area (Å²) in [5, 5.41) is 10.7. The maximum Gasteiger partial charge on any atom is 0.554 e. The second kappa shape index (κ2) is 4.16. The topological polar surface area (TPSA) is 117 Å². The predicted molar refractivity (Wildman–Crippen MR) is 57.4 cm³/mol. The smallest absolute Gasteiger partial charge is 0.397 e. The van der Waals surface area contributed by atoms with Crippen LogP contribution in [0.5, 0.6) is 0 Å². The summed E-state index contributed by atoms with van der Waals surface area (Å²) in [5.41, 5.74) is 5.71. The first kappa shape index (κ1) is 11.9. The van der Waals surface area contributed by atoms with Gasteiger partial charge in [-0.2, -0.15) is 0 Å². The molecule has 0 aromatic heterocycles. The third kappa shape index (κ3) is 2.46. The number of rotatable bonds is 2. The molecular formula is C8H9N4O3S+. The molecule has 0 aliphatic rings. The van der Waals surface area contributed by atoms with E-state index in [2.05, 4.69) is 9.70 Å². The predicted octanol–water partition coefficient (Wildman–Crippen LogP) is 0.769. The molecule has 1 aromatic rings. The summed E-state index contributed by atoms with van der Waals surface area (Å²) in [4.78, 5) is 10.4. The fraction of sp³-hybridized carbons (Fsp3) is 0.125. The molecule has 16 heavy (non-hydrogen) atoms. The van der Waals surface area contributed by atoms with E-state index in [1.54, 1.807) is 0 Å². The van der Waals surface area contributed by atoms with E-state index in [1.807, 2.05) is 0 Å². The number of nitrogens with one attached hydrogen (secondary N) is 1. The molecule has 0 aliphatic carbocycles. The Morgan fingerprint density at radius 2 is 2.12 bits per heavy atom. The second-order valence-electron chi connectivity index (χ2n) is 2.99. The molecule has 1 rings (SSSR count). The van der Waals surface area contributed by atoms with Gasteiger partial charge in [0.2, 0.25) is 11.3 Å². The summed E-state index contributed by atoms with van der Waals surface area (Å²) in [7, 11) is -4.13. The highest BCUT2D eigenvalue weighted by atomic mass is 32.2. The van der Waals surface area contributed by atoms with Crippen LogP contribution < -0.4 is 11.1 Å². The van der Waals surface area contributed by atoms with E-state index < -0.39 is 10.0 Å². The van der Waals surface area contributed by atoms with Crippen molar-refractivity contribution in [3.63, 3.8) is 0 Å². The summed E-state index contributed by atoms with van der Waals surface area (Å²) >= 11 is 0. The highest BCUT2D eigenvalue weighted by molar-refractivity contribution is 7.93. The van der Waals surface area contributed by atoms with Gasteiger partial charge in [-0.3, -0.25) is 4.79 Å². The Morgan fingerprint density at radius 1 is 1.50 bits per heavy atom. The van der Waals surface area contributed by atoms with E-state index in [-0.39, 0.29) is 16.5 Å². The number of sulfonamides is 1. The molecule has 0 saturated heterocycles. The summed E-state index contributed by atoms with van der Waals surface area (Å²) in [6.45, 7) is 1.31. The van der Waals surface area contributed by atoms with Crippen LogP contribution in [-0.2, 0) is 14.8 Å². The zero-order valence-corrected chi connectivity index (χ0v) is 9.15. The minimum Gasteiger partial charge on any atom is -0.397 e. The lowest BCUT2D eigenvalue weighted by Gasteiger charge is -2.03. The van der Waals surface area contributed by atoms with Crippen molar-refractivity contribution in [2.75, 3.05) is 11.1 Å². The number of nitrogens with zero attached hydrogens (tertiary/aromatic N) is 2. The molecule has 0 fully saturated rings. The van der Waals surface area contributed by atoms with Crippen LogP contribution in [0.25, 0.3) is 4.38 Å². The van der Waals surface area contributed by atoms with E-state index in [4.69, 9.17) is 11.1 Å². The van der Waals surface area contributed by atoms with Gasteiger partial charge in [-0.15, -0.1) is 8.42 Å². The molecule has 0 unspecified atom stereocenters. The van der Waals surface area contributed by atoms with E-state index in [1.165, 1.54) is 19.1 Å². The number of amides is 1. The van der Waals surface area contributed by atoms with Crippen molar-refractivity contribution >= 4 is 27.3 Å². The molecule has 0 aliphatic heterocycles. The van der Waals surface area contributed by atoms with Crippen molar-refractivity contribution in [3.8, 4) is 0 Å². The average Bonchev–Trinajstić information content (AvgIpc) is 2.16. The van der Waals surface area contributed by atoms with Crippen molar-refractivity contribution in [1.29, 1.82) is 5.39 Å². The van der Waals surface area contributed by atoms with Gasteiger partial charge in [0.25, 0.3) is 4.38 Å². The third-order valence-corrected chi connectivity index (χ3v) is 2.86. The molecular weight excluding hydrogens is 232 g/mol. The minimum atomic E-state index is -4.13. The lowest BCUT2D eigenvalue weighted by molar-refractivity contribution is -0.114. The van der Waals surface area contributed by atoms with Crippen molar-refractivity contribution in [1.82, 2.24) is 0 Å². The Morgan fingerprint density at radius 3 is 2.56 bits per heavy atom. The number of diazo groups is 1. The fourth-order valence-electron chi connectivity index (χ4n) is 1.11. The lowest BCUT2D eigenvalue weighted by atomic mass is 10.3. The largest absolute Gasteiger partial charge is 0.554 e. The van der Waals surface area contributed by atoms with Crippen molar-refractivity contribution < 1.29 is 13.2 Å². The summed E-state index contributed by atoms with van der Waals surface area (Å²) in [6.07, 6.45) is 0. The molecule has 1 aromatic carbocycles. The van der Waals surface area contributed by atoms with Crippen LogP contribution in [0.4, 0.5) is 11.4 Å². The zero-order valence-electron chi connectivity index (χ0n) is 8.34. The number of nitrogen functional groups attached to an aromatic ring is 1. The van der Waals surface area contributed by atoms with Crippen molar-refractivity contribution in [3.05, 3.63) is 22.6 Å². The molecule has 0 atom stereocenters. The van der Waals surface area contributed by atoms with Crippen LogP contribution in [0.3, 0.4) is 0 Å². The Labute approximate surface area is 91.9 Å². The van der Waals surface area contributed by atoms with E-state index in [0.29, 0.717) is 5.69 Å². The SMILES string of the molecule is CC(=O)Nc1ccc(S(=O)(=O)[N+]#N)c(N)c1. The average molecular weight is 241 g/mol. The molecule has 0 spiro atoms. The van der Waals surface area contributed by atoms with Gasteiger partial charge >= 0.3 is 10.0 Å². The van der Waals surface area contributed by atoms with Crippen LogP contribution in [0.1, 0.15) is 6.92 Å². The Balaban J connectivity index is 3.21. The monoisotopic (exact) mass is 241 g/mol. The number of carbonyl (C=O) groups excluding carboxylic acids is 1. The lowest BCUT2D eigenvalue weighted by Crippen LogP contribution is -2.07. The molecule has 0 bridgehead atoms. The molecule has 0 heterocycles. The summed E-state index contributed by atoms with van der Waals surface area (Å²) in [6, 6.07) is 3.75. The maximum atomic E-state index is 11.2. The Bertz CT molecular complexity index is 573. The van der Waals surface area contributed by atoms with Crippen molar-refractivity contribution in [2.24, 2.45) is 0 Å². The molecule has 8 heteroatoms. The van der Waals surface area contributed by atoms with Gasteiger partial charge in [0.1, 0.15) is 0 Å². The van der Waals surface area contributed by atoms with Crippen LogP contribution in [-0.4, -0.2) is 14.3 Å². The van der Waals surface area contributed by atoms with Crippen LogP contribution >= 0.6 is 0 Å². The van der Waals surface area contributed by atoms with Crippen LogP contribution in [0, 0.1) is 5.39 Å². The first-order valence-electron chi connectivity index (χ1n) is 4.15. The number of carbonyl (C=O) groups is 1. The summed E-state index contributed by atoms with van der Waals surface area (Å²) in [5.74, 6) is -0.304. The number of hydrogen-bond donors (Lipinski definition) is 2. The first-order chi connectivity index (χ1) is 7.36. The molecule has 0 radical (unpaired) electrons. The van der Waals surface area contributed by atoms with Gasteiger partial charge in [0.15, 0.2) is 4.90 Å². The van der Waals surface area contributed by atoms with Gasteiger partial charge in [-0.1, -0.05) is 0 Å².